The number of rotatable bonds is 4. The van der Waals surface area contributed by atoms with Gasteiger partial charge in [-0.2, -0.15) is 0 Å². The van der Waals surface area contributed by atoms with Gasteiger partial charge in [0, 0.05) is 5.54 Å². The van der Waals surface area contributed by atoms with Crippen LogP contribution in [0, 0.1) is 0 Å². The highest BCUT2D eigenvalue weighted by Crippen LogP contribution is 2.39. The fraction of sp³-hybridized carbons (Fsp3) is 0.500. The molecule has 1 aliphatic carbocycles. The van der Waals surface area contributed by atoms with Crippen molar-refractivity contribution < 1.29 is 4.74 Å². The second-order valence-corrected chi connectivity index (χ2v) is 4.58. The smallest absolute Gasteiger partial charge is 0.137 e. The van der Waals surface area contributed by atoms with Crippen molar-refractivity contribution in [1.82, 2.24) is 5.32 Å². The number of benzene rings is 1. The molecule has 1 fully saturated rings. The van der Waals surface area contributed by atoms with E-state index >= 15 is 0 Å². The van der Waals surface area contributed by atoms with Gasteiger partial charge in [0.25, 0.3) is 0 Å². The SMILES string of the molecule is CNC1(Cc2ccc(Cl)c(OC)c2)CC1. The van der Waals surface area contributed by atoms with Crippen LogP contribution in [-0.4, -0.2) is 19.7 Å². The Hall–Kier alpha value is -0.730. The van der Waals surface area contributed by atoms with E-state index in [9.17, 15) is 0 Å². The maximum atomic E-state index is 5.98. The predicted molar refractivity (Wildman–Crippen MR) is 62.7 cm³/mol. The number of hydrogen-bond donors (Lipinski definition) is 1. The van der Waals surface area contributed by atoms with Crippen LogP contribution in [0.4, 0.5) is 0 Å². The third-order valence-corrected chi connectivity index (χ3v) is 3.45. The quantitative estimate of drug-likeness (QED) is 0.851. The maximum Gasteiger partial charge on any atom is 0.137 e. The molecular weight excluding hydrogens is 210 g/mol. The van der Waals surface area contributed by atoms with Crippen molar-refractivity contribution >= 4 is 11.6 Å². The van der Waals surface area contributed by atoms with E-state index < -0.39 is 0 Å². The Labute approximate surface area is 95.6 Å². The highest BCUT2D eigenvalue weighted by Gasteiger charge is 2.40. The van der Waals surface area contributed by atoms with Gasteiger partial charge >= 0.3 is 0 Å². The van der Waals surface area contributed by atoms with Gasteiger partial charge in [0.2, 0.25) is 0 Å². The van der Waals surface area contributed by atoms with Gasteiger partial charge in [0.15, 0.2) is 0 Å². The normalized spacial score (nSPS) is 17.5. The van der Waals surface area contributed by atoms with Gasteiger partial charge in [0.1, 0.15) is 5.75 Å². The van der Waals surface area contributed by atoms with Gasteiger partial charge in [-0.25, -0.2) is 0 Å². The Balaban J connectivity index is 2.15. The zero-order valence-corrected chi connectivity index (χ0v) is 9.90. The highest BCUT2D eigenvalue weighted by atomic mass is 35.5. The summed E-state index contributed by atoms with van der Waals surface area (Å²) in [4.78, 5) is 0. The molecule has 0 amide bonds. The van der Waals surface area contributed by atoms with Gasteiger partial charge in [-0.05, 0) is 44.0 Å². The van der Waals surface area contributed by atoms with Crippen molar-refractivity contribution in [2.24, 2.45) is 0 Å². The van der Waals surface area contributed by atoms with Crippen molar-refractivity contribution in [2.75, 3.05) is 14.2 Å². The van der Waals surface area contributed by atoms with Gasteiger partial charge in [-0.3, -0.25) is 0 Å². The van der Waals surface area contributed by atoms with E-state index in [0.29, 0.717) is 10.6 Å². The van der Waals surface area contributed by atoms with E-state index in [4.69, 9.17) is 16.3 Å². The van der Waals surface area contributed by atoms with E-state index in [0.717, 1.165) is 12.2 Å². The molecule has 2 nitrogen and oxygen atoms in total. The molecule has 1 aromatic rings. The second-order valence-electron chi connectivity index (χ2n) is 4.18. The van der Waals surface area contributed by atoms with Crippen LogP contribution in [0.25, 0.3) is 0 Å². The maximum absolute atomic E-state index is 5.98. The molecule has 0 saturated heterocycles. The lowest BCUT2D eigenvalue weighted by Gasteiger charge is -2.14. The summed E-state index contributed by atoms with van der Waals surface area (Å²) in [5, 5.41) is 4.06. The zero-order valence-electron chi connectivity index (χ0n) is 9.14. The largest absolute Gasteiger partial charge is 0.495 e. The Morgan fingerprint density at radius 2 is 2.20 bits per heavy atom. The molecule has 1 aromatic carbocycles. The van der Waals surface area contributed by atoms with E-state index in [2.05, 4.69) is 11.4 Å². The number of methoxy groups -OCH3 is 1. The Morgan fingerprint density at radius 1 is 1.47 bits per heavy atom. The summed E-state index contributed by atoms with van der Waals surface area (Å²) >= 11 is 5.98. The number of halogens is 1. The van der Waals surface area contributed by atoms with Gasteiger partial charge in [-0.1, -0.05) is 17.7 Å². The van der Waals surface area contributed by atoms with E-state index in [1.165, 1.54) is 18.4 Å². The fourth-order valence-corrected chi connectivity index (χ4v) is 2.07. The van der Waals surface area contributed by atoms with E-state index in [1.54, 1.807) is 7.11 Å². The first kappa shape index (κ1) is 10.8. The lowest BCUT2D eigenvalue weighted by atomic mass is 10.0. The van der Waals surface area contributed by atoms with Crippen molar-refractivity contribution in [3.63, 3.8) is 0 Å². The first-order chi connectivity index (χ1) is 7.19. The van der Waals surface area contributed by atoms with Crippen LogP contribution >= 0.6 is 11.6 Å². The van der Waals surface area contributed by atoms with Crippen LogP contribution in [0.2, 0.25) is 5.02 Å². The summed E-state index contributed by atoms with van der Waals surface area (Å²) in [5.74, 6) is 0.765. The van der Waals surface area contributed by atoms with Crippen LogP contribution in [0.15, 0.2) is 18.2 Å². The van der Waals surface area contributed by atoms with Crippen LogP contribution < -0.4 is 10.1 Å². The molecule has 82 valence electrons. The van der Waals surface area contributed by atoms with Crippen molar-refractivity contribution in [3.05, 3.63) is 28.8 Å². The number of nitrogens with one attached hydrogen (secondary N) is 1. The molecule has 0 radical (unpaired) electrons. The molecule has 1 aliphatic rings. The Morgan fingerprint density at radius 3 is 2.73 bits per heavy atom. The van der Waals surface area contributed by atoms with Crippen molar-refractivity contribution in [3.8, 4) is 5.75 Å². The van der Waals surface area contributed by atoms with Crippen LogP contribution in [0.1, 0.15) is 18.4 Å². The van der Waals surface area contributed by atoms with E-state index in [1.807, 2.05) is 19.2 Å². The minimum absolute atomic E-state index is 0.332. The molecule has 1 N–H and O–H groups in total. The summed E-state index contributed by atoms with van der Waals surface area (Å²) < 4.78 is 5.20. The summed E-state index contributed by atoms with van der Waals surface area (Å²) in [5.41, 5.74) is 1.61. The molecule has 15 heavy (non-hydrogen) atoms. The van der Waals surface area contributed by atoms with Crippen molar-refractivity contribution in [1.29, 1.82) is 0 Å². The highest BCUT2D eigenvalue weighted by molar-refractivity contribution is 6.32. The molecule has 0 aromatic heterocycles. The topological polar surface area (TPSA) is 21.3 Å². The molecule has 0 atom stereocenters. The first-order valence-electron chi connectivity index (χ1n) is 5.20. The molecule has 1 saturated carbocycles. The average Bonchev–Trinajstić information content (AvgIpc) is 3.02. The van der Waals surface area contributed by atoms with Gasteiger partial charge in [0.05, 0.1) is 12.1 Å². The molecule has 2 rings (SSSR count). The predicted octanol–water partition coefficient (Wildman–Crippen LogP) is 2.64. The number of hydrogen-bond acceptors (Lipinski definition) is 2. The van der Waals surface area contributed by atoms with Crippen LogP contribution in [0.5, 0.6) is 5.75 Å². The molecular formula is C12H16ClNO. The minimum Gasteiger partial charge on any atom is -0.495 e. The summed E-state index contributed by atoms with van der Waals surface area (Å²) in [7, 11) is 3.68. The lowest BCUT2D eigenvalue weighted by Crippen LogP contribution is -2.29. The van der Waals surface area contributed by atoms with Gasteiger partial charge in [-0.15, -0.1) is 0 Å². The molecule has 3 heteroatoms. The Bertz CT molecular complexity index is 361. The second kappa shape index (κ2) is 4.03. The third kappa shape index (κ3) is 2.27. The molecule has 0 bridgehead atoms. The standard InChI is InChI=1S/C12H16ClNO/c1-14-12(5-6-12)8-9-3-4-10(13)11(7-9)15-2/h3-4,7,14H,5-6,8H2,1-2H3. The van der Waals surface area contributed by atoms with Crippen LogP contribution in [0.3, 0.4) is 0 Å². The molecule has 0 spiro atoms. The summed E-state index contributed by atoms with van der Waals surface area (Å²) in [6.45, 7) is 0. The summed E-state index contributed by atoms with van der Waals surface area (Å²) in [6, 6.07) is 6.00. The minimum atomic E-state index is 0.332. The number of ether oxygens (including phenoxy) is 1. The van der Waals surface area contributed by atoms with Crippen LogP contribution in [-0.2, 0) is 6.42 Å². The van der Waals surface area contributed by atoms with Crippen molar-refractivity contribution in [2.45, 2.75) is 24.8 Å². The lowest BCUT2D eigenvalue weighted by molar-refractivity contribution is 0.414. The molecule has 0 heterocycles. The monoisotopic (exact) mass is 225 g/mol. The van der Waals surface area contributed by atoms with E-state index in [-0.39, 0.29) is 0 Å². The molecule has 0 aliphatic heterocycles. The molecule has 0 unspecified atom stereocenters. The third-order valence-electron chi connectivity index (χ3n) is 3.14. The Kier molecular flexibility index (Phi) is 2.89. The fourth-order valence-electron chi connectivity index (χ4n) is 1.87. The summed E-state index contributed by atoms with van der Waals surface area (Å²) in [6.07, 6.45) is 3.57. The number of likely N-dealkylation sites (N-methyl/N-ethyl adjacent to an activating group) is 1. The van der Waals surface area contributed by atoms with Gasteiger partial charge < -0.3 is 10.1 Å². The first-order valence-corrected chi connectivity index (χ1v) is 5.58. The zero-order chi connectivity index (χ0) is 10.9. The average molecular weight is 226 g/mol.